The molecular weight excluding hydrogens is 627 g/mol. The Labute approximate surface area is 262 Å². The highest BCUT2D eigenvalue weighted by molar-refractivity contribution is 7.92. The zero-order valence-corrected chi connectivity index (χ0v) is 25.8. The van der Waals surface area contributed by atoms with Gasteiger partial charge < -0.3 is 19.6 Å². The standard InChI is InChI=1S/C30H28ClFN6O6S/c1-4-24(40)36-10-11-37(16(2)13-36)28-19-12-20(31)26(25-21(32)6-5-7-22(25)39)34-29(19)38(30(41)35-28)27-17(3)33-9-8-23(27)45(42,43)18-14-44-15-18/h4-9,12,16,18,39H,1,10-11,13-15H2,2-3H3/t16-/m0/s1. The lowest BCUT2D eigenvalue weighted by atomic mass is 10.1. The third kappa shape index (κ3) is 5.12. The molecule has 4 aromatic rings. The van der Waals surface area contributed by atoms with Crippen LogP contribution in [0.1, 0.15) is 12.6 Å². The molecule has 234 valence electrons. The fraction of sp³-hybridized carbons (Fsp3) is 0.300. The predicted molar refractivity (Wildman–Crippen MR) is 165 cm³/mol. The quantitative estimate of drug-likeness (QED) is 0.308. The number of aromatic hydroxyl groups is 1. The van der Waals surface area contributed by atoms with Crippen molar-refractivity contribution in [2.45, 2.75) is 30.0 Å². The van der Waals surface area contributed by atoms with Crippen LogP contribution in [0.15, 0.2) is 58.9 Å². The van der Waals surface area contributed by atoms with Crippen molar-refractivity contribution in [3.8, 4) is 22.7 Å². The summed E-state index contributed by atoms with van der Waals surface area (Å²) in [6, 6.07) is 6.17. The second-order valence-electron chi connectivity index (χ2n) is 10.9. The van der Waals surface area contributed by atoms with Crippen LogP contribution in [-0.2, 0) is 19.4 Å². The number of ether oxygens (including phenoxy) is 1. The molecule has 1 aromatic carbocycles. The highest BCUT2D eigenvalue weighted by Gasteiger charge is 2.37. The molecule has 0 aliphatic carbocycles. The second kappa shape index (κ2) is 11.5. The maximum Gasteiger partial charge on any atom is 0.355 e. The molecule has 15 heteroatoms. The van der Waals surface area contributed by atoms with Gasteiger partial charge in [0, 0.05) is 31.9 Å². The van der Waals surface area contributed by atoms with Crippen molar-refractivity contribution < 1.29 is 27.4 Å². The molecule has 3 aromatic heterocycles. The number of benzene rings is 1. The number of phenolic OH excluding ortho intramolecular Hbond substituents is 1. The van der Waals surface area contributed by atoms with E-state index in [4.69, 9.17) is 16.3 Å². The monoisotopic (exact) mass is 654 g/mol. The molecule has 6 rings (SSSR count). The number of aromatic nitrogens is 4. The van der Waals surface area contributed by atoms with E-state index in [1.165, 1.54) is 36.5 Å². The maximum absolute atomic E-state index is 15.1. The summed E-state index contributed by atoms with van der Waals surface area (Å²) < 4.78 is 48.7. The summed E-state index contributed by atoms with van der Waals surface area (Å²) in [5.74, 6) is -1.28. The molecule has 2 saturated heterocycles. The minimum absolute atomic E-state index is 0.00122. The van der Waals surface area contributed by atoms with Crippen molar-refractivity contribution >= 4 is 44.2 Å². The first-order valence-electron chi connectivity index (χ1n) is 14.0. The van der Waals surface area contributed by atoms with Gasteiger partial charge in [0.05, 0.1) is 51.2 Å². The fourth-order valence-electron chi connectivity index (χ4n) is 5.66. The Bertz CT molecular complexity index is 2030. The van der Waals surface area contributed by atoms with Crippen LogP contribution in [0, 0.1) is 12.7 Å². The van der Waals surface area contributed by atoms with Crippen molar-refractivity contribution in [1.29, 1.82) is 0 Å². The largest absolute Gasteiger partial charge is 0.507 e. The summed E-state index contributed by atoms with van der Waals surface area (Å²) in [6.07, 6.45) is 2.57. The summed E-state index contributed by atoms with van der Waals surface area (Å²) >= 11 is 6.69. The van der Waals surface area contributed by atoms with Gasteiger partial charge >= 0.3 is 5.69 Å². The first-order valence-corrected chi connectivity index (χ1v) is 15.9. The van der Waals surface area contributed by atoms with Crippen molar-refractivity contribution in [2.24, 2.45) is 0 Å². The molecule has 2 aliphatic rings. The lowest BCUT2D eigenvalue weighted by molar-refractivity contribution is -0.126. The first kappa shape index (κ1) is 30.6. The number of amides is 1. The highest BCUT2D eigenvalue weighted by atomic mass is 35.5. The van der Waals surface area contributed by atoms with Crippen LogP contribution in [0.5, 0.6) is 5.75 Å². The molecule has 5 heterocycles. The van der Waals surface area contributed by atoms with Gasteiger partial charge in [-0.1, -0.05) is 24.2 Å². The van der Waals surface area contributed by atoms with Gasteiger partial charge in [0.25, 0.3) is 0 Å². The van der Waals surface area contributed by atoms with Crippen molar-refractivity contribution in [3.05, 3.63) is 76.2 Å². The lowest BCUT2D eigenvalue weighted by Gasteiger charge is -2.40. The van der Waals surface area contributed by atoms with Gasteiger partial charge in [-0.25, -0.2) is 27.2 Å². The van der Waals surface area contributed by atoms with E-state index in [2.05, 4.69) is 21.5 Å². The number of piperazine rings is 1. The van der Waals surface area contributed by atoms with Crippen molar-refractivity contribution in [1.82, 2.24) is 24.4 Å². The Morgan fingerprint density at radius 3 is 2.62 bits per heavy atom. The maximum atomic E-state index is 15.1. The number of hydrogen-bond acceptors (Lipinski definition) is 10. The van der Waals surface area contributed by atoms with Gasteiger partial charge in [-0.3, -0.25) is 9.78 Å². The van der Waals surface area contributed by atoms with Crippen LogP contribution in [0.25, 0.3) is 28.0 Å². The molecule has 45 heavy (non-hydrogen) atoms. The average molecular weight is 655 g/mol. The number of pyridine rings is 2. The van der Waals surface area contributed by atoms with Crippen molar-refractivity contribution in [2.75, 3.05) is 37.7 Å². The highest BCUT2D eigenvalue weighted by Crippen LogP contribution is 2.39. The van der Waals surface area contributed by atoms with Gasteiger partial charge in [-0.15, -0.1) is 0 Å². The molecule has 1 N–H and O–H groups in total. The fourth-order valence-corrected chi connectivity index (χ4v) is 7.57. The number of rotatable bonds is 6. The molecule has 0 bridgehead atoms. The van der Waals surface area contributed by atoms with E-state index in [1.54, 1.807) is 11.8 Å². The molecule has 0 unspecified atom stereocenters. The van der Waals surface area contributed by atoms with E-state index in [1.807, 2.05) is 11.8 Å². The summed E-state index contributed by atoms with van der Waals surface area (Å²) in [6.45, 7) is 7.89. The summed E-state index contributed by atoms with van der Waals surface area (Å²) in [4.78, 5) is 43.0. The number of phenols is 1. The van der Waals surface area contributed by atoms with Gasteiger partial charge in [-0.2, -0.15) is 4.98 Å². The number of hydrogen-bond donors (Lipinski definition) is 1. The number of anilines is 1. The molecule has 0 spiro atoms. The Hall–Kier alpha value is -4.40. The van der Waals surface area contributed by atoms with E-state index in [-0.39, 0.29) is 74.6 Å². The average Bonchev–Trinajstić information content (AvgIpc) is 2.96. The Balaban J connectivity index is 1.66. The molecular formula is C30H28ClFN6O6S. The van der Waals surface area contributed by atoms with E-state index < -0.39 is 32.3 Å². The van der Waals surface area contributed by atoms with Crippen LogP contribution in [0.4, 0.5) is 10.2 Å². The van der Waals surface area contributed by atoms with Crippen LogP contribution >= 0.6 is 11.6 Å². The number of aryl methyl sites for hydroxylation is 1. The van der Waals surface area contributed by atoms with E-state index in [0.29, 0.717) is 19.6 Å². The van der Waals surface area contributed by atoms with Crippen LogP contribution in [0.3, 0.4) is 0 Å². The van der Waals surface area contributed by atoms with Crippen molar-refractivity contribution in [3.63, 3.8) is 0 Å². The van der Waals surface area contributed by atoms with E-state index >= 15 is 4.39 Å². The molecule has 1 amide bonds. The van der Waals surface area contributed by atoms with E-state index in [9.17, 15) is 23.1 Å². The number of sulfone groups is 1. The smallest absolute Gasteiger partial charge is 0.355 e. The molecule has 0 radical (unpaired) electrons. The predicted octanol–water partition coefficient (Wildman–Crippen LogP) is 3.04. The summed E-state index contributed by atoms with van der Waals surface area (Å²) in [5, 5.41) is 9.97. The van der Waals surface area contributed by atoms with Gasteiger partial charge in [0.2, 0.25) is 5.91 Å². The first-order chi connectivity index (χ1) is 21.4. The third-order valence-electron chi connectivity index (χ3n) is 8.06. The van der Waals surface area contributed by atoms with Crippen LogP contribution in [0.2, 0.25) is 5.02 Å². The van der Waals surface area contributed by atoms with E-state index in [0.717, 1.165) is 10.6 Å². The van der Waals surface area contributed by atoms with Gasteiger partial charge in [0.15, 0.2) is 15.5 Å². The zero-order chi connectivity index (χ0) is 32.2. The molecule has 2 aliphatic heterocycles. The topological polar surface area (TPSA) is 148 Å². The number of nitrogens with zero attached hydrogens (tertiary/aromatic N) is 6. The van der Waals surface area contributed by atoms with Gasteiger partial charge in [0.1, 0.15) is 22.6 Å². The Kier molecular flexibility index (Phi) is 7.83. The molecule has 1 atom stereocenters. The normalized spacial score (nSPS) is 17.4. The lowest BCUT2D eigenvalue weighted by Crippen LogP contribution is -2.54. The van der Waals surface area contributed by atoms with Gasteiger partial charge in [-0.05, 0) is 44.2 Å². The Morgan fingerprint density at radius 2 is 1.98 bits per heavy atom. The molecule has 2 fully saturated rings. The number of carbonyl (C=O) groups excluding carboxylic acids is 1. The second-order valence-corrected chi connectivity index (χ2v) is 13.5. The number of fused-ring (bicyclic) bond motifs is 1. The van der Waals surface area contributed by atoms with Crippen LogP contribution in [-0.4, -0.2) is 88.0 Å². The number of halogens is 2. The third-order valence-corrected chi connectivity index (χ3v) is 10.4. The SMILES string of the molecule is C=CC(=O)N1CCN(c2nc(=O)n(-c3c(S(=O)(=O)C4COC4)ccnc3C)c3nc(-c4c(O)cccc4F)c(Cl)cc23)[C@@H](C)C1. The number of carbonyl (C=O) groups is 1. The summed E-state index contributed by atoms with van der Waals surface area (Å²) in [5.41, 5.74) is -1.28. The summed E-state index contributed by atoms with van der Waals surface area (Å²) in [7, 11) is -3.99. The minimum atomic E-state index is -3.99. The minimum Gasteiger partial charge on any atom is -0.507 e. The Morgan fingerprint density at radius 1 is 1.22 bits per heavy atom. The molecule has 12 nitrogen and oxygen atoms in total. The van der Waals surface area contributed by atoms with Crippen LogP contribution < -0.4 is 10.6 Å². The molecule has 0 saturated carbocycles. The zero-order valence-electron chi connectivity index (χ0n) is 24.3.